The molecular formula is C13H13Br2ClF12O8S4. The predicted molar refractivity (Wildman–Crippen MR) is 123 cm³/mol. The first-order valence-corrected chi connectivity index (χ1v) is 17.2. The fraction of sp³-hybridized carbons (Fsp3) is 0.846. The first-order chi connectivity index (χ1) is 17.1. The maximum atomic E-state index is 12.4. The van der Waals surface area contributed by atoms with E-state index in [2.05, 4.69) is 22.5 Å². The first-order valence-electron chi connectivity index (χ1n) is 8.87. The lowest BCUT2D eigenvalue weighted by Gasteiger charge is -2.27. The third-order valence-corrected chi connectivity index (χ3v) is 17.0. The number of rotatable bonds is 10. The highest BCUT2D eigenvalue weighted by Gasteiger charge is 2.71. The molecule has 0 N–H and O–H groups in total. The number of sulfone groups is 4. The first kappa shape index (κ1) is 42.1. The van der Waals surface area contributed by atoms with Crippen LogP contribution in [0.15, 0.2) is 12.7 Å². The summed E-state index contributed by atoms with van der Waals surface area (Å²) in [4.78, 5) is -1.26. The van der Waals surface area contributed by atoms with Gasteiger partial charge in [0.15, 0.2) is 4.58 Å². The van der Waals surface area contributed by atoms with Gasteiger partial charge in [-0.25, -0.2) is 33.7 Å². The SMILES string of the molecule is C=CCC(Br)(S(=O)(=O)C(F)(F)F)S(=O)(=O)C(F)(F)F.O=S(=O)(C(CC(Br)CCCl)S(=O)(=O)C(F)(F)F)C(F)(F)F. The third kappa shape index (κ3) is 8.75. The van der Waals surface area contributed by atoms with Gasteiger partial charge in [0.1, 0.15) is 0 Å². The molecule has 0 aliphatic heterocycles. The van der Waals surface area contributed by atoms with E-state index in [1.165, 1.54) is 0 Å². The topological polar surface area (TPSA) is 137 Å². The van der Waals surface area contributed by atoms with Crippen molar-refractivity contribution in [3.63, 3.8) is 0 Å². The van der Waals surface area contributed by atoms with Crippen LogP contribution in [0.2, 0.25) is 0 Å². The zero-order valence-corrected chi connectivity index (χ0v) is 25.5. The zero-order valence-electron chi connectivity index (χ0n) is 18.3. The lowest BCUT2D eigenvalue weighted by molar-refractivity contribution is -0.0485. The lowest BCUT2D eigenvalue weighted by atomic mass is 10.3. The Labute approximate surface area is 240 Å². The minimum absolute atomic E-state index is 0.221. The second-order valence-electron chi connectivity index (χ2n) is 6.77. The normalized spacial score (nSPS) is 15.8. The molecule has 0 aromatic rings. The summed E-state index contributed by atoms with van der Waals surface area (Å²) < 4.78 is 229. The molecule has 0 aliphatic rings. The van der Waals surface area contributed by atoms with Crippen LogP contribution in [0.25, 0.3) is 0 Å². The molecule has 0 fully saturated rings. The molecule has 0 heterocycles. The van der Waals surface area contributed by atoms with Gasteiger partial charge in [-0.1, -0.05) is 22.0 Å². The predicted octanol–water partition coefficient (Wildman–Crippen LogP) is 5.44. The Morgan fingerprint density at radius 3 is 1.18 bits per heavy atom. The van der Waals surface area contributed by atoms with E-state index in [-0.39, 0.29) is 12.3 Å². The average Bonchev–Trinajstić information content (AvgIpc) is 2.69. The molecule has 242 valence electrons. The van der Waals surface area contributed by atoms with E-state index in [1.54, 1.807) is 15.9 Å². The second kappa shape index (κ2) is 13.3. The van der Waals surface area contributed by atoms with E-state index in [0.29, 0.717) is 6.08 Å². The molecule has 40 heavy (non-hydrogen) atoms. The minimum Gasteiger partial charge on any atom is -0.218 e. The fourth-order valence-corrected chi connectivity index (χ4v) is 11.6. The van der Waals surface area contributed by atoms with E-state index < -0.39 is 86.6 Å². The van der Waals surface area contributed by atoms with Crippen molar-refractivity contribution in [2.75, 3.05) is 5.88 Å². The third-order valence-electron chi connectivity index (χ3n) is 4.01. The molecule has 0 radical (unpaired) electrons. The monoisotopic (exact) mass is 846 g/mol. The van der Waals surface area contributed by atoms with Crippen LogP contribution in [0.4, 0.5) is 52.7 Å². The van der Waals surface area contributed by atoms with Gasteiger partial charge in [0.05, 0.1) is 0 Å². The Morgan fingerprint density at radius 2 is 0.975 bits per heavy atom. The van der Waals surface area contributed by atoms with Crippen LogP contribution in [-0.4, -0.2) is 74.0 Å². The second-order valence-corrected chi connectivity index (χ2v) is 20.0. The van der Waals surface area contributed by atoms with Gasteiger partial charge in [0.25, 0.3) is 39.3 Å². The van der Waals surface area contributed by atoms with Gasteiger partial charge in [-0.3, -0.25) is 0 Å². The smallest absolute Gasteiger partial charge is 0.218 e. The molecule has 0 rings (SSSR count). The summed E-state index contributed by atoms with van der Waals surface area (Å²) in [7, 11) is -26.6. The van der Waals surface area contributed by atoms with Crippen LogP contribution in [0.1, 0.15) is 19.3 Å². The van der Waals surface area contributed by atoms with Crippen molar-refractivity contribution in [2.45, 2.75) is 53.7 Å². The van der Waals surface area contributed by atoms with Crippen LogP contribution < -0.4 is 0 Å². The molecule has 0 spiro atoms. The van der Waals surface area contributed by atoms with Crippen molar-refractivity contribution in [2.24, 2.45) is 0 Å². The molecule has 0 aliphatic carbocycles. The highest BCUT2D eigenvalue weighted by atomic mass is 79.9. The van der Waals surface area contributed by atoms with E-state index in [0.717, 1.165) is 0 Å². The molecule has 27 heteroatoms. The summed E-state index contributed by atoms with van der Waals surface area (Å²) in [6.45, 7) is 2.74. The Balaban J connectivity index is 0. The van der Waals surface area contributed by atoms with Crippen molar-refractivity contribution >= 4 is 82.8 Å². The number of halogens is 15. The van der Waals surface area contributed by atoms with Gasteiger partial charge < -0.3 is 0 Å². The molecule has 0 aromatic heterocycles. The Bertz CT molecular complexity index is 1230. The van der Waals surface area contributed by atoms with Gasteiger partial charge >= 0.3 is 22.0 Å². The lowest BCUT2D eigenvalue weighted by Crippen LogP contribution is -2.51. The molecule has 0 amide bonds. The molecule has 0 bridgehead atoms. The Morgan fingerprint density at radius 1 is 0.675 bits per heavy atom. The molecule has 0 aromatic carbocycles. The Kier molecular flexibility index (Phi) is 14.0. The van der Waals surface area contributed by atoms with Gasteiger partial charge in [-0.2, -0.15) is 52.7 Å². The number of allylic oxidation sites excluding steroid dienone is 1. The van der Waals surface area contributed by atoms with Gasteiger partial charge in [-0.05, 0) is 28.8 Å². The van der Waals surface area contributed by atoms with Crippen LogP contribution in [0.3, 0.4) is 0 Å². The molecule has 0 saturated heterocycles. The van der Waals surface area contributed by atoms with Gasteiger partial charge in [-0.15, -0.1) is 18.2 Å². The van der Waals surface area contributed by atoms with Crippen LogP contribution in [-0.2, 0) is 39.3 Å². The standard InChI is InChI=1S/C7H8BrClF6O4S2.C6H5BrF6O4S2/c8-4(1-2-9)3-5(20(16,17)6(10,11)12)21(18,19)7(13,14)15;1-2-3-4(7,18(14,15)5(8,9)10)19(16,17)6(11,12)13/h4-5H,1-3H2;2H,1,3H2. The summed E-state index contributed by atoms with van der Waals surface area (Å²) >= 11 is 9.40. The van der Waals surface area contributed by atoms with E-state index in [1.807, 2.05) is 0 Å². The summed E-state index contributed by atoms with van der Waals surface area (Å²) in [5.74, 6) is -0.221. The van der Waals surface area contributed by atoms with Gasteiger partial charge in [0.2, 0.25) is 2.99 Å². The number of hydrogen-bond acceptors (Lipinski definition) is 8. The van der Waals surface area contributed by atoms with Crippen molar-refractivity contribution in [3.05, 3.63) is 12.7 Å². The average molecular weight is 849 g/mol. The highest BCUT2D eigenvalue weighted by Crippen LogP contribution is 2.49. The zero-order chi connectivity index (χ0) is 33.2. The van der Waals surface area contributed by atoms with Crippen molar-refractivity contribution in [1.29, 1.82) is 0 Å². The largest absolute Gasteiger partial charge is 0.499 e. The number of hydrogen-bond donors (Lipinski definition) is 0. The van der Waals surface area contributed by atoms with E-state index in [9.17, 15) is 86.4 Å². The molecule has 1 atom stereocenters. The van der Waals surface area contributed by atoms with Gasteiger partial charge in [0, 0.05) is 17.1 Å². The Hall–Kier alpha value is -0.0500. The maximum absolute atomic E-state index is 12.4. The quantitative estimate of drug-likeness (QED) is 0.161. The minimum atomic E-state index is -6.70. The molecular weight excluding hydrogens is 836 g/mol. The fourth-order valence-electron chi connectivity index (χ4n) is 2.05. The van der Waals surface area contributed by atoms with Crippen molar-refractivity contribution < 1.29 is 86.4 Å². The van der Waals surface area contributed by atoms with Crippen LogP contribution in [0, 0.1) is 0 Å². The molecule has 1 unspecified atom stereocenters. The summed E-state index contributed by atoms with van der Waals surface area (Å²) in [6, 6.07) is 0. The van der Waals surface area contributed by atoms with Crippen molar-refractivity contribution in [1.82, 2.24) is 0 Å². The molecule has 0 saturated carbocycles. The van der Waals surface area contributed by atoms with E-state index >= 15 is 0 Å². The summed E-state index contributed by atoms with van der Waals surface area (Å²) in [6.07, 6.45) is -2.99. The maximum Gasteiger partial charge on any atom is 0.499 e. The van der Waals surface area contributed by atoms with Crippen LogP contribution >= 0.6 is 43.5 Å². The molecule has 8 nitrogen and oxygen atoms in total. The van der Waals surface area contributed by atoms with Crippen molar-refractivity contribution in [3.8, 4) is 0 Å². The van der Waals surface area contributed by atoms with E-state index in [4.69, 9.17) is 11.6 Å². The summed E-state index contributed by atoms with van der Waals surface area (Å²) in [5.41, 5.74) is -24.7. The van der Waals surface area contributed by atoms with Crippen LogP contribution in [0.5, 0.6) is 0 Å². The highest BCUT2D eigenvalue weighted by molar-refractivity contribution is 9.13. The summed E-state index contributed by atoms with van der Waals surface area (Å²) in [5, 5.41) is 0. The number of alkyl halides is 15.